The van der Waals surface area contributed by atoms with E-state index >= 15 is 0 Å². The molecule has 0 saturated carbocycles. The minimum absolute atomic E-state index is 1.21. The van der Waals surface area contributed by atoms with Crippen LogP contribution in [0.2, 0.25) is 0 Å². The Balaban J connectivity index is 1.27. The van der Waals surface area contributed by atoms with Crippen molar-refractivity contribution in [3.05, 3.63) is 218 Å². The molecule has 0 radical (unpaired) electrons. The lowest BCUT2D eigenvalue weighted by molar-refractivity contribution is 1.58. The summed E-state index contributed by atoms with van der Waals surface area (Å²) in [6.45, 7) is 0. The fourth-order valence-corrected chi connectivity index (χ4v) is 8.43. The average molecular weight is 685 g/mol. The van der Waals surface area contributed by atoms with E-state index in [4.69, 9.17) is 0 Å². The van der Waals surface area contributed by atoms with Crippen LogP contribution in [0.3, 0.4) is 0 Å². The van der Waals surface area contributed by atoms with Crippen molar-refractivity contribution in [2.75, 3.05) is 0 Å². The SMILES string of the molecule is c1ccc(-c2cccc(-c3ccc(-c4ccccc4-c4ccccc4)c4cc(-c5c6ccccc6c(-c6ccccc6)c6ccccc56)ccc34)c2)cc1. The molecule has 0 bridgehead atoms. The summed E-state index contributed by atoms with van der Waals surface area (Å²) in [5.74, 6) is 0. The molecule has 0 amide bonds. The van der Waals surface area contributed by atoms with E-state index in [1.807, 2.05) is 0 Å². The van der Waals surface area contributed by atoms with Gasteiger partial charge in [-0.3, -0.25) is 0 Å². The maximum absolute atomic E-state index is 2.45. The van der Waals surface area contributed by atoms with Crippen molar-refractivity contribution in [3.8, 4) is 66.8 Å². The first-order valence-corrected chi connectivity index (χ1v) is 18.7. The van der Waals surface area contributed by atoms with Gasteiger partial charge in [-0.05, 0) is 111 Å². The van der Waals surface area contributed by atoms with E-state index in [0.29, 0.717) is 0 Å². The molecule has 0 fully saturated rings. The first-order valence-electron chi connectivity index (χ1n) is 18.7. The van der Waals surface area contributed by atoms with Crippen LogP contribution in [0, 0.1) is 0 Å². The Labute approximate surface area is 316 Å². The van der Waals surface area contributed by atoms with E-state index in [1.165, 1.54) is 99.1 Å². The molecule has 0 nitrogen and oxygen atoms in total. The first-order chi connectivity index (χ1) is 26.8. The molecule has 54 heavy (non-hydrogen) atoms. The van der Waals surface area contributed by atoms with Crippen LogP contribution in [0.25, 0.3) is 99.1 Å². The van der Waals surface area contributed by atoms with Gasteiger partial charge in [0, 0.05) is 0 Å². The Hall–Kier alpha value is -7.02. The van der Waals surface area contributed by atoms with Gasteiger partial charge < -0.3 is 0 Å². The van der Waals surface area contributed by atoms with Gasteiger partial charge in [0.15, 0.2) is 0 Å². The number of rotatable bonds is 6. The summed E-state index contributed by atoms with van der Waals surface area (Å²) in [7, 11) is 0. The van der Waals surface area contributed by atoms with Gasteiger partial charge in [-0.15, -0.1) is 0 Å². The van der Waals surface area contributed by atoms with E-state index in [9.17, 15) is 0 Å². The van der Waals surface area contributed by atoms with Gasteiger partial charge >= 0.3 is 0 Å². The predicted molar refractivity (Wildman–Crippen MR) is 232 cm³/mol. The van der Waals surface area contributed by atoms with Gasteiger partial charge in [0.25, 0.3) is 0 Å². The predicted octanol–water partition coefficient (Wildman–Crippen LogP) is 15.1. The third-order valence-electron chi connectivity index (χ3n) is 10.9. The van der Waals surface area contributed by atoms with E-state index in [0.717, 1.165) is 0 Å². The molecule has 10 aromatic rings. The number of hydrogen-bond donors (Lipinski definition) is 0. The maximum Gasteiger partial charge on any atom is -0.00261 e. The van der Waals surface area contributed by atoms with Gasteiger partial charge in [0.05, 0.1) is 0 Å². The molecular formula is C54H36. The van der Waals surface area contributed by atoms with Gasteiger partial charge in [-0.25, -0.2) is 0 Å². The fourth-order valence-electron chi connectivity index (χ4n) is 8.43. The van der Waals surface area contributed by atoms with Gasteiger partial charge in [-0.1, -0.05) is 206 Å². The normalized spacial score (nSPS) is 11.3. The second kappa shape index (κ2) is 13.5. The Kier molecular flexibility index (Phi) is 7.93. The van der Waals surface area contributed by atoms with Gasteiger partial charge in [-0.2, -0.15) is 0 Å². The lowest BCUT2D eigenvalue weighted by Gasteiger charge is -2.20. The second-order valence-corrected chi connectivity index (χ2v) is 14.0. The van der Waals surface area contributed by atoms with Crippen LogP contribution >= 0.6 is 0 Å². The van der Waals surface area contributed by atoms with Crippen molar-refractivity contribution in [2.45, 2.75) is 0 Å². The van der Waals surface area contributed by atoms with Crippen molar-refractivity contribution in [1.29, 1.82) is 0 Å². The lowest BCUT2D eigenvalue weighted by Crippen LogP contribution is -1.93. The molecule has 0 spiro atoms. The van der Waals surface area contributed by atoms with Crippen molar-refractivity contribution in [2.24, 2.45) is 0 Å². The average Bonchev–Trinajstić information content (AvgIpc) is 3.26. The standard InChI is InChI=1S/C54H36/c1-4-17-37(18-5-1)40-23-16-24-41(35-40)44-33-34-47(45-26-11-10-25-43(45)38-19-6-2-7-20-38)52-36-42(31-32-46(44)52)54-50-29-14-12-27-48(50)53(39-21-8-3-9-22-39)49-28-13-15-30-51(49)54/h1-36H. The molecule has 0 unspecified atom stereocenters. The zero-order valence-corrected chi connectivity index (χ0v) is 29.8. The molecule has 252 valence electrons. The van der Waals surface area contributed by atoms with Crippen LogP contribution in [0.1, 0.15) is 0 Å². The highest BCUT2D eigenvalue weighted by Crippen LogP contribution is 2.46. The summed E-state index contributed by atoms with van der Waals surface area (Å²) >= 11 is 0. The van der Waals surface area contributed by atoms with Crippen LogP contribution in [0.4, 0.5) is 0 Å². The number of hydrogen-bond acceptors (Lipinski definition) is 0. The molecule has 0 aliphatic rings. The minimum Gasteiger partial charge on any atom is -0.0622 e. The number of fused-ring (bicyclic) bond motifs is 3. The quantitative estimate of drug-likeness (QED) is 0.153. The smallest absolute Gasteiger partial charge is 0.00261 e. The second-order valence-electron chi connectivity index (χ2n) is 14.0. The van der Waals surface area contributed by atoms with Crippen molar-refractivity contribution >= 4 is 32.3 Å². The number of benzene rings is 10. The third-order valence-corrected chi connectivity index (χ3v) is 10.9. The molecule has 10 rings (SSSR count). The topological polar surface area (TPSA) is 0 Å². The maximum atomic E-state index is 2.45. The molecule has 0 aliphatic carbocycles. The zero-order valence-electron chi connectivity index (χ0n) is 29.8. The molecule has 0 saturated heterocycles. The van der Waals surface area contributed by atoms with Gasteiger partial charge in [0.1, 0.15) is 0 Å². The van der Waals surface area contributed by atoms with Crippen LogP contribution < -0.4 is 0 Å². The highest BCUT2D eigenvalue weighted by molar-refractivity contribution is 6.22. The van der Waals surface area contributed by atoms with E-state index in [-0.39, 0.29) is 0 Å². The molecule has 0 N–H and O–H groups in total. The fraction of sp³-hybridized carbons (Fsp3) is 0. The van der Waals surface area contributed by atoms with Crippen molar-refractivity contribution in [1.82, 2.24) is 0 Å². The van der Waals surface area contributed by atoms with Crippen molar-refractivity contribution in [3.63, 3.8) is 0 Å². The monoisotopic (exact) mass is 684 g/mol. The zero-order chi connectivity index (χ0) is 35.8. The Bertz CT molecular complexity index is 2900. The Morgan fingerprint density at radius 3 is 1.26 bits per heavy atom. The van der Waals surface area contributed by atoms with E-state index in [1.54, 1.807) is 0 Å². The molecule has 0 aliphatic heterocycles. The minimum atomic E-state index is 1.21. The summed E-state index contributed by atoms with van der Waals surface area (Å²) in [6.07, 6.45) is 0. The van der Waals surface area contributed by atoms with Crippen LogP contribution in [-0.2, 0) is 0 Å². The Morgan fingerprint density at radius 2 is 0.630 bits per heavy atom. The molecule has 0 atom stereocenters. The third kappa shape index (κ3) is 5.48. The van der Waals surface area contributed by atoms with Gasteiger partial charge in [0.2, 0.25) is 0 Å². The first kappa shape index (κ1) is 31.7. The highest BCUT2D eigenvalue weighted by Gasteiger charge is 2.19. The summed E-state index contributed by atoms with van der Waals surface area (Å²) in [6, 6.07) is 79.7. The summed E-state index contributed by atoms with van der Waals surface area (Å²) in [5, 5.41) is 7.51. The summed E-state index contributed by atoms with van der Waals surface area (Å²) < 4.78 is 0. The van der Waals surface area contributed by atoms with E-state index in [2.05, 4.69) is 218 Å². The highest BCUT2D eigenvalue weighted by atomic mass is 14.2. The van der Waals surface area contributed by atoms with Crippen molar-refractivity contribution < 1.29 is 0 Å². The molecular weight excluding hydrogens is 649 g/mol. The summed E-state index contributed by atoms with van der Waals surface area (Å²) in [4.78, 5) is 0. The lowest BCUT2D eigenvalue weighted by atomic mass is 9.84. The van der Waals surface area contributed by atoms with Crippen LogP contribution in [0.15, 0.2) is 218 Å². The van der Waals surface area contributed by atoms with Crippen LogP contribution in [-0.4, -0.2) is 0 Å². The summed E-state index contributed by atoms with van der Waals surface area (Å²) in [5.41, 5.74) is 14.8. The van der Waals surface area contributed by atoms with E-state index < -0.39 is 0 Å². The largest absolute Gasteiger partial charge is 0.0622 e. The molecule has 0 aromatic heterocycles. The molecule has 0 heterocycles. The molecule has 0 heteroatoms. The Morgan fingerprint density at radius 1 is 0.167 bits per heavy atom. The molecule has 10 aromatic carbocycles. The van der Waals surface area contributed by atoms with Crippen LogP contribution in [0.5, 0.6) is 0 Å².